The van der Waals surface area contributed by atoms with Crippen LogP contribution in [-0.4, -0.2) is 27.9 Å². The minimum atomic E-state index is -1.00. The van der Waals surface area contributed by atoms with Gasteiger partial charge in [-0.3, -0.25) is 19.7 Å². The minimum absolute atomic E-state index is 0.132. The molecule has 7 nitrogen and oxygen atoms in total. The molecule has 0 fully saturated rings. The van der Waals surface area contributed by atoms with Gasteiger partial charge in [0.05, 0.1) is 11.0 Å². The highest BCUT2D eigenvalue weighted by Gasteiger charge is 2.22. The normalized spacial score (nSPS) is 11.7. The molecule has 0 spiro atoms. The molecule has 1 unspecified atom stereocenters. The standard InChI is InChI=1S/C12H13FN2O5/c1-7(2-5-11(16)17)14-12(18)9-4-3-8(13)6-10(9)15(19)20/h3-4,6-7H,2,5H2,1H3,(H,14,18)(H,16,17). The third-order valence-corrected chi connectivity index (χ3v) is 2.57. The molecule has 1 amide bonds. The largest absolute Gasteiger partial charge is 0.481 e. The predicted octanol–water partition coefficient (Wildman–Crippen LogP) is 1.72. The lowest BCUT2D eigenvalue weighted by Gasteiger charge is -2.12. The molecule has 0 bridgehead atoms. The van der Waals surface area contributed by atoms with E-state index in [0.29, 0.717) is 6.07 Å². The number of rotatable bonds is 6. The quantitative estimate of drug-likeness (QED) is 0.610. The fraction of sp³-hybridized carbons (Fsp3) is 0.333. The molecular formula is C12H13FN2O5. The summed E-state index contributed by atoms with van der Waals surface area (Å²) in [6.07, 6.45) is 0.0586. The topological polar surface area (TPSA) is 110 Å². The van der Waals surface area contributed by atoms with Gasteiger partial charge in [0, 0.05) is 12.5 Å². The summed E-state index contributed by atoms with van der Waals surface area (Å²) >= 11 is 0. The smallest absolute Gasteiger partial charge is 0.303 e. The Morgan fingerprint density at radius 3 is 2.70 bits per heavy atom. The first-order valence-corrected chi connectivity index (χ1v) is 5.78. The molecular weight excluding hydrogens is 271 g/mol. The lowest BCUT2D eigenvalue weighted by molar-refractivity contribution is -0.385. The van der Waals surface area contributed by atoms with Gasteiger partial charge in [0.2, 0.25) is 0 Å². The molecule has 0 radical (unpaired) electrons. The van der Waals surface area contributed by atoms with Crippen LogP contribution in [0.15, 0.2) is 18.2 Å². The molecule has 0 heterocycles. The lowest BCUT2D eigenvalue weighted by atomic mass is 10.1. The number of carbonyl (C=O) groups excluding carboxylic acids is 1. The summed E-state index contributed by atoms with van der Waals surface area (Å²) < 4.78 is 12.9. The summed E-state index contributed by atoms with van der Waals surface area (Å²) in [7, 11) is 0. The predicted molar refractivity (Wildman–Crippen MR) is 66.9 cm³/mol. The van der Waals surface area contributed by atoms with Gasteiger partial charge in [-0.2, -0.15) is 0 Å². The molecule has 0 aliphatic rings. The molecule has 1 aromatic rings. The number of nitro benzene ring substituents is 1. The van der Waals surface area contributed by atoms with E-state index in [9.17, 15) is 24.1 Å². The fourth-order valence-electron chi connectivity index (χ4n) is 1.56. The summed E-state index contributed by atoms with van der Waals surface area (Å²) in [5.41, 5.74) is -0.897. The number of carboxylic acids is 1. The molecule has 8 heteroatoms. The molecule has 1 atom stereocenters. The Balaban J connectivity index is 2.82. The maximum Gasteiger partial charge on any atom is 0.303 e. The van der Waals surface area contributed by atoms with Gasteiger partial charge in [-0.05, 0) is 25.5 Å². The number of halogens is 1. The van der Waals surface area contributed by atoms with Crippen molar-refractivity contribution in [2.75, 3.05) is 0 Å². The SMILES string of the molecule is CC(CCC(=O)O)NC(=O)c1ccc(F)cc1[N+](=O)[O-]. The van der Waals surface area contributed by atoms with E-state index < -0.39 is 34.3 Å². The number of carboxylic acid groups (broad SMARTS) is 1. The Morgan fingerprint density at radius 1 is 1.50 bits per heavy atom. The van der Waals surface area contributed by atoms with E-state index in [1.165, 1.54) is 0 Å². The number of aliphatic carboxylic acids is 1. The third kappa shape index (κ3) is 4.30. The summed E-state index contributed by atoms with van der Waals surface area (Å²) in [5.74, 6) is -2.55. The van der Waals surface area contributed by atoms with Gasteiger partial charge in [-0.1, -0.05) is 0 Å². The average molecular weight is 284 g/mol. The van der Waals surface area contributed by atoms with Crippen LogP contribution in [0.1, 0.15) is 30.1 Å². The van der Waals surface area contributed by atoms with Gasteiger partial charge < -0.3 is 10.4 Å². The first-order chi connectivity index (χ1) is 9.31. The van der Waals surface area contributed by atoms with Crippen molar-refractivity contribution >= 4 is 17.6 Å². The zero-order valence-corrected chi connectivity index (χ0v) is 10.6. The molecule has 1 rings (SSSR count). The Labute approximate surface area is 113 Å². The number of benzene rings is 1. The highest BCUT2D eigenvalue weighted by Crippen LogP contribution is 2.19. The molecule has 0 aliphatic carbocycles. The number of nitrogens with zero attached hydrogens (tertiary/aromatic N) is 1. The maximum atomic E-state index is 12.9. The van der Waals surface area contributed by atoms with Gasteiger partial charge in [0.15, 0.2) is 0 Å². The van der Waals surface area contributed by atoms with E-state index in [1.807, 2.05) is 0 Å². The maximum absolute atomic E-state index is 12.9. The fourth-order valence-corrected chi connectivity index (χ4v) is 1.56. The van der Waals surface area contributed by atoms with Crippen molar-refractivity contribution in [3.05, 3.63) is 39.7 Å². The average Bonchev–Trinajstić information content (AvgIpc) is 2.35. The van der Waals surface area contributed by atoms with E-state index >= 15 is 0 Å². The Morgan fingerprint density at radius 2 is 2.15 bits per heavy atom. The van der Waals surface area contributed by atoms with E-state index in [2.05, 4.69) is 5.32 Å². The van der Waals surface area contributed by atoms with Crippen molar-refractivity contribution in [3.63, 3.8) is 0 Å². The zero-order valence-electron chi connectivity index (χ0n) is 10.6. The Bertz CT molecular complexity index is 547. The van der Waals surface area contributed by atoms with Gasteiger partial charge in [0.1, 0.15) is 11.4 Å². The molecule has 20 heavy (non-hydrogen) atoms. The van der Waals surface area contributed by atoms with E-state index in [1.54, 1.807) is 6.92 Å². The van der Waals surface area contributed by atoms with E-state index in [-0.39, 0.29) is 18.4 Å². The number of nitro groups is 1. The highest BCUT2D eigenvalue weighted by molar-refractivity contribution is 5.98. The number of nitrogens with one attached hydrogen (secondary N) is 1. The first-order valence-electron chi connectivity index (χ1n) is 5.78. The van der Waals surface area contributed by atoms with Crippen molar-refractivity contribution < 1.29 is 24.0 Å². The van der Waals surface area contributed by atoms with Gasteiger partial charge in [-0.15, -0.1) is 0 Å². The Kier molecular flexibility index (Phi) is 5.13. The summed E-state index contributed by atoms with van der Waals surface area (Å²) in [6.45, 7) is 1.58. The molecule has 0 aromatic heterocycles. The van der Waals surface area contributed by atoms with Crippen LogP contribution in [-0.2, 0) is 4.79 Å². The van der Waals surface area contributed by atoms with Crippen LogP contribution >= 0.6 is 0 Å². The second-order valence-electron chi connectivity index (χ2n) is 4.23. The van der Waals surface area contributed by atoms with Crippen molar-refractivity contribution in [1.29, 1.82) is 0 Å². The van der Waals surface area contributed by atoms with Gasteiger partial charge >= 0.3 is 5.97 Å². The van der Waals surface area contributed by atoms with Crippen molar-refractivity contribution in [1.82, 2.24) is 5.32 Å². The van der Waals surface area contributed by atoms with Crippen LogP contribution in [0.2, 0.25) is 0 Å². The summed E-state index contributed by atoms with van der Waals surface area (Å²) in [4.78, 5) is 32.2. The molecule has 0 saturated heterocycles. The Hall–Kier alpha value is -2.51. The molecule has 1 aromatic carbocycles. The molecule has 0 saturated carbocycles. The number of hydrogen-bond acceptors (Lipinski definition) is 4. The second kappa shape index (κ2) is 6.60. The lowest BCUT2D eigenvalue weighted by Crippen LogP contribution is -2.33. The summed E-state index contributed by atoms with van der Waals surface area (Å²) in [5, 5.41) is 21.7. The summed E-state index contributed by atoms with van der Waals surface area (Å²) in [6, 6.07) is 2.16. The van der Waals surface area contributed by atoms with Crippen LogP contribution < -0.4 is 5.32 Å². The molecule has 108 valence electrons. The first kappa shape index (κ1) is 15.5. The van der Waals surface area contributed by atoms with Crippen LogP contribution in [0.25, 0.3) is 0 Å². The molecule has 2 N–H and O–H groups in total. The van der Waals surface area contributed by atoms with Gasteiger partial charge in [-0.25, -0.2) is 4.39 Å². The van der Waals surface area contributed by atoms with Crippen LogP contribution in [0.4, 0.5) is 10.1 Å². The highest BCUT2D eigenvalue weighted by atomic mass is 19.1. The van der Waals surface area contributed by atoms with Gasteiger partial charge in [0.25, 0.3) is 11.6 Å². The number of carbonyl (C=O) groups is 2. The van der Waals surface area contributed by atoms with Crippen molar-refractivity contribution in [2.45, 2.75) is 25.8 Å². The van der Waals surface area contributed by atoms with E-state index in [0.717, 1.165) is 12.1 Å². The van der Waals surface area contributed by atoms with E-state index in [4.69, 9.17) is 5.11 Å². The minimum Gasteiger partial charge on any atom is -0.481 e. The van der Waals surface area contributed by atoms with Crippen LogP contribution in [0, 0.1) is 15.9 Å². The number of hydrogen-bond donors (Lipinski definition) is 2. The van der Waals surface area contributed by atoms with Crippen LogP contribution in [0.5, 0.6) is 0 Å². The van der Waals surface area contributed by atoms with Crippen molar-refractivity contribution in [2.24, 2.45) is 0 Å². The molecule has 0 aliphatic heterocycles. The third-order valence-electron chi connectivity index (χ3n) is 2.57. The zero-order chi connectivity index (χ0) is 15.3. The van der Waals surface area contributed by atoms with Crippen LogP contribution in [0.3, 0.4) is 0 Å². The number of amides is 1. The van der Waals surface area contributed by atoms with Crippen molar-refractivity contribution in [3.8, 4) is 0 Å². The second-order valence-corrected chi connectivity index (χ2v) is 4.23. The monoisotopic (exact) mass is 284 g/mol.